The summed E-state index contributed by atoms with van der Waals surface area (Å²) in [5.41, 5.74) is 0. The van der Waals surface area contributed by atoms with Crippen molar-refractivity contribution in [3.63, 3.8) is 0 Å². The van der Waals surface area contributed by atoms with Crippen molar-refractivity contribution in [2.75, 3.05) is 26.3 Å². The SMILES string of the molecule is O=C(O)CCCC=CC[C@@H]1[C@@H](N2CCOCC2)[C@H](O)C[C@@H]1Oc1ccccc1. The summed E-state index contributed by atoms with van der Waals surface area (Å²) in [6, 6.07) is 9.83. The van der Waals surface area contributed by atoms with Gasteiger partial charge in [0.1, 0.15) is 11.9 Å². The number of aliphatic carboxylic acids is 1. The summed E-state index contributed by atoms with van der Waals surface area (Å²) >= 11 is 0. The van der Waals surface area contributed by atoms with Crippen LogP contribution in [0.1, 0.15) is 32.1 Å². The van der Waals surface area contributed by atoms with Crippen molar-refractivity contribution in [2.45, 2.75) is 50.4 Å². The van der Waals surface area contributed by atoms with Crippen LogP contribution in [0, 0.1) is 5.92 Å². The maximum atomic E-state index is 10.8. The number of aliphatic hydroxyl groups excluding tert-OH is 1. The first-order chi connectivity index (χ1) is 13.6. The van der Waals surface area contributed by atoms with E-state index in [1.165, 1.54) is 0 Å². The predicted octanol–water partition coefficient (Wildman–Crippen LogP) is 2.72. The molecule has 0 radical (unpaired) electrons. The number of aliphatic hydroxyl groups is 1. The Bertz CT molecular complexity index is 629. The zero-order valence-corrected chi connectivity index (χ0v) is 16.3. The van der Waals surface area contributed by atoms with Crippen LogP contribution in [0.15, 0.2) is 42.5 Å². The van der Waals surface area contributed by atoms with Gasteiger partial charge in [-0.05, 0) is 31.4 Å². The molecule has 1 aliphatic heterocycles. The molecule has 6 heteroatoms. The third-order valence-corrected chi connectivity index (χ3v) is 5.62. The van der Waals surface area contributed by atoms with Crippen LogP contribution in [0.25, 0.3) is 0 Å². The van der Waals surface area contributed by atoms with Gasteiger partial charge in [0.05, 0.1) is 19.3 Å². The minimum Gasteiger partial charge on any atom is -0.490 e. The molecule has 0 amide bonds. The van der Waals surface area contributed by atoms with E-state index in [4.69, 9.17) is 14.6 Å². The fraction of sp³-hybridized carbons (Fsp3) is 0.591. The van der Waals surface area contributed by atoms with Crippen molar-refractivity contribution in [1.82, 2.24) is 4.90 Å². The van der Waals surface area contributed by atoms with Crippen LogP contribution in [-0.2, 0) is 9.53 Å². The molecule has 28 heavy (non-hydrogen) atoms. The quantitative estimate of drug-likeness (QED) is 0.499. The number of carbonyl (C=O) groups is 1. The van der Waals surface area contributed by atoms with Gasteiger partial charge in [-0.15, -0.1) is 0 Å². The number of hydrogen-bond acceptors (Lipinski definition) is 5. The van der Waals surface area contributed by atoms with E-state index in [0.717, 1.165) is 31.7 Å². The molecule has 2 N–H and O–H groups in total. The van der Waals surface area contributed by atoms with Crippen molar-refractivity contribution in [2.24, 2.45) is 5.92 Å². The Morgan fingerprint density at radius 1 is 1.21 bits per heavy atom. The van der Waals surface area contributed by atoms with Gasteiger partial charge in [0, 0.05) is 37.9 Å². The average molecular weight is 389 g/mol. The van der Waals surface area contributed by atoms with E-state index < -0.39 is 12.1 Å². The highest BCUT2D eigenvalue weighted by atomic mass is 16.5. The lowest BCUT2D eigenvalue weighted by molar-refractivity contribution is -0.137. The number of hydrogen-bond donors (Lipinski definition) is 2. The van der Waals surface area contributed by atoms with Crippen LogP contribution >= 0.6 is 0 Å². The van der Waals surface area contributed by atoms with Crippen LogP contribution in [0.3, 0.4) is 0 Å². The molecule has 1 aromatic rings. The molecular formula is C22H31NO5. The number of allylic oxidation sites excluding steroid dienone is 2. The van der Waals surface area contributed by atoms with Crippen molar-refractivity contribution < 1.29 is 24.5 Å². The number of rotatable bonds is 9. The van der Waals surface area contributed by atoms with E-state index in [1.807, 2.05) is 30.3 Å². The van der Waals surface area contributed by atoms with E-state index >= 15 is 0 Å². The van der Waals surface area contributed by atoms with E-state index in [0.29, 0.717) is 26.1 Å². The summed E-state index contributed by atoms with van der Waals surface area (Å²) in [4.78, 5) is 13.0. The maximum Gasteiger partial charge on any atom is 0.303 e. The zero-order chi connectivity index (χ0) is 19.8. The van der Waals surface area contributed by atoms with Crippen LogP contribution in [0.5, 0.6) is 5.75 Å². The molecule has 3 rings (SSSR count). The molecule has 0 bridgehead atoms. The molecule has 1 saturated carbocycles. The van der Waals surface area contributed by atoms with Gasteiger partial charge in [0.25, 0.3) is 0 Å². The average Bonchev–Trinajstić information content (AvgIpc) is 3.00. The van der Waals surface area contributed by atoms with Gasteiger partial charge in [0.15, 0.2) is 0 Å². The molecular weight excluding hydrogens is 358 g/mol. The lowest BCUT2D eigenvalue weighted by atomic mass is 9.94. The van der Waals surface area contributed by atoms with Gasteiger partial charge in [-0.3, -0.25) is 9.69 Å². The van der Waals surface area contributed by atoms with Crippen molar-refractivity contribution >= 4 is 5.97 Å². The number of morpholine rings is 1. The predicted molar refractivity (Wildman–Crippen MR) is 106 cm³/mol. The summed E-state index contributed by atoms with van der Waals surface area (Å²) in [6.45, 7) is 3.06. The Balaban J connectivity index is 1.65. The molecule has 2 fully saturated rings. The van der Waals surface area contributed by atoms with Crippen LogP contribution < -0.4 is 4.74 Å². The summed E-state index contributed by atoms with van der Waals surface area (Å²) in [6.07, 6.45) is 6.75. The Morgan fingerprint density at radius 3 is 2.68 bits per heavy atom. The largest absolute Gasteiger partial charge is 0.490 e. The zero-order valence-electron chi connectivity index (χ0n) is 16.3. The van der Waals surface area contributed by atoms with Crippen molar-refractivity contribution in [3.8, 4) is 5.75 Å². The standard InChI is InChI=1S/C22H31NO5/c24-19-16-20(28-17-8-4-3-5-9-17)18(10-6-1-2-7-11-21(25)26)22(19)23-12-14-27-15-13-23/h1,3-6,8-9,18-20,22,24H,2,7,10-16H2,(H,25,26)/t18-,19+,20-,22+/m0/s1. The fourth-order valence-electron chi connectivity index (χ4n) is 4.29. The van der Waals surface area contributed by atoms with Crippen LogP contribution in [0.2, 0.25) is 0 Å². The first-order valence-electron chi connectivity index (χ1n) is 10.2. The Morgan fingerprint density at radius 2 is 1.96 bits per heavy atom. The highest BCUT2D eigenvalue weighted by Gasteiger charge is 2.46. The lowest BCUT2D eigenvalue weighted by Gasteiger charge is -2.37. The second-order valence-corrected chi connectivity index (χ2v) is 7.57. The second kappa shape index (κ2) is 10.6. The van der Waals surface area contributed by atoms with Crippen molar-refractivity contribution in [3.05, 3.63) is 42.5 Å². The smallest absolute Gasteiger partial charge is 0.303 e. The van der Waals surface area contributed by atoms with Gasteiger partial charge >= 0.3 is 5.97 Å². The summed E-state index contributed by atoms with van der Waals surface area (Å²) in [5, 5.41) is 19.6. The van der Waals surface area contributed by atoms with Gasteiger partial charge < -0.3 is 19.7 Å². The molecule has 0 unspecified atom stereocenters. The molecule has 4 atom stereocenters. The van der Waals surface area contributed by atoms with Crippen LogP contribution in [0.4, 0.5) is 0 Å². The summed E-state index contributed by atoms with van der Waals surface area (Å²) in [7, 11) is 0. The van der Waals surface area contributed by atoms with Gasteiger partial charge in [-0.1, -0.05) is 30.4 Å². The molecule has 1 aromatic carbocycles. The summed E-state index contributed by atoms with van der Waals surface area (Å²) < 4.78 is 11.7. The van der Waals surface area contributed by atoms with Gasteiger partial charge in [0.2, 0.25) is 0 Å². The third kappa shape index (κ3) is 5.80. The molecule has 6 nitrogen and oxygen atoms in total. The number of nitrogens with zero attached hydrogens (tertiary/aromatic N) is 1. The topological polar surface area (TPSA) is 79.2 Å². The van der Waals surface area contributed by atoms with E-state index in [-0.39, 0.29) is 24.5 Å². The Labute approximate surface area is 166 Å². The number of unbranched alkanes of at least 4 members (excludes halogenated alkanes) is 1. The van der Waals surface area contributed by atoms with Gasteiger partial charge in [-0.25, -0.2) is 0 Å². The lowest BCUT2D eigenvalue weighted by Crippen LogP contribution is -2.50. The van der Waals surface area contributed by atoms with E-state index in [9.17, 15) is 9.90 Å². The highest BCUT2D eigenvalue weighted by molar-refractivity contribution is 5.66. The molecule has 1 saturated heterocycles. The molecule has 154 valence electrons. The molecule has 1 heterocycles. The molecule has 2 aliphatic rings. The Kier molecular flexibility index (Phi) is 7.89. The monoisotopic (exact) mass is 389 g/mol. The van der Waals surface area contributed by atoms with Crippen LogP contribution in [-0.4, -0.2) is 65.6 Å². The fourth-order valence-corrected chi connectivity index (χ4v) is 4.29. The van der Waals surface area contributed by atoms with E-state index in [2.05, 4.69) is 17.1 Å². The number of ether oxygens (including phenoxy) is 2. The number of carboxylic acid groups (broad SMARTS) is 1. The number of benzene rings is 1. The minimum absolute atomic E-state index is 0.0473. The van der Waals surface area contributed by atoms with E-state index in [1.54, 1.807) is 0 Å². The molecule has 0 aromatic heterocycles. The number of para-hydroxylation sites is 1. The first kappa shape index (κ1) is 20.8. The highest BCUT2D eigenvalue weighted by Crippen LogP contribution is 2.36. The van der Waals surface area contributed by atoms with Gasteiger partial charge in [-0.2, -0.15) is 0 Å². The first-order valence-corrected chi connectivity index (χ1v) is 10.2. The maximum absolute atomic E-state index is 10.8. The molecule has 0 spiro atoms. The number of carboxylic acids is 1. The minimum atomic E-state index is -0.754. The third-order valence-electron chi connectivity index (χ3n) is 5.62. The normalized spacial score (nSPS) is 28.6. The Hall–Kier alpha value is -1.89. The summed E-state index contributed by atoms with van der Waals surface area (Å²) in [5.74, 6) is 0.262. The van der Waals surface area contributed by atoms with Crippen molar-refractivity contribution in [1.29, 1.82) is 0 Å². The second-order valence-electron chi connectivity index (χ2n) is 7.57. The molecule has 1 aliphatic carbocycles.